The average Bonchev–Trinajstić information content (AvgIpc) is 3.15. The topological polar surface area (TPSA) is 29.5 Å². The predicted molar refractivity (Wildman–Crippen MR) is 105 cm³/mol. The Morgan fingerprint density at radius 1 is 1.04 bits per heavy atom. The number of hydrogen-bond donors (Lipinski definition) is 0. The summed E-state index contributed by atoms with van der Waals surface area (Å²) in [7, 11) is 0. The second-order valence-electron chi connectivity index (χ2n) is 7.42. The van der Waals surface area contributed by atoms with Crippen LogP contribution in [-0.4, -0.2) is 30.5 Å². The van der Waals surface area contributed by atoms with E-state index < -0.39 is 5.60 Å². The Morgan fingerprint density at radius 3 is 2.19 bits per heavy atom. The zero-order chi connectivity index (χ0) is 18.4. The van der Waals surface area contributed by atoms with E-state index in [-0.39, 0.29) is 11.9 Å². The number of nitrogens with zero attached hydrogens (tertiary/aromatic N) is 1. The molecule has 3 heteroatoms. The van der Waals surface area contributed by atoms with Crippen LogP contribution in [0.15, 0.2) is 60.7 Å². The van der Waals surface area contributed by atoms with Gasteiger partial charge in [0.2, 0.25) is 0 Å². The van der Waals surface area contributed by atoms with Crippen LogP contribution >= 0.6 is 0 Å². The third-order valence-electron chi connectivity index (χ3n) is 5.42. The van der Waals surface area contributed by atoms with Gasteiger partial charge in [-0.05, 0) is 37.1 Å². The highest BCUT2D eigenvalue weighted by atomic mass is 16.6. The largest absolute Gasteiger partial charge is 0.454 e. The highest BCUT2D eigenvalue weighted by Crippen LogP contribution is 2.38. The van der Waals surface area contributed by atoms with E-state index in [9.17, 15) is 4.79 Å². The maximum absolute atomic E-state index is 12.1. The molecule has 0 bridgehead atoms. The monoisotopic (exact) mass is 351 g/mol. The van der Waals surface area contributed by atoms with Gasteiger partial charge in [0.1, 0.15) is 5.60 Å². The highest BCUT2D eigenvalue weighted by molar-refractivity contribution is 5.67. The fraction of sp³-hybridized carbons (Fsp3) is 0.435. The van der Waals surface area contributed by atoms with Gasteiger partial charge in [-0.3, -0.25) is 4.79 Å². The van der Waals surface area contributed by atoms with E-state index in [0.717, 1.165) is 25.2 Å². The Bertz CT molecular complexity index is 695. The molecule has 0 spiro atoms. The molecular weight excluding hydrogens is 322 g/mol. The third kappa shape index (κ3) is 4.34. The minimum Gasteiger partial charge on any atom is -0.454 e. The van der Waals surface area contributed by atoms with Crippen LogP contribution in [0, 0.1) is 5.92 Å². The fourth-order valence-electron chi connectivity index (χ4n) is 4.13. The van der Waals surface area contributed by atoms with E-state index in [1.165, 1.54) is 25.3 Å². The lowest BCUT2D eigenvalue weighted by atomic mass is 9.77. The van der Waals surface area contributed by atoms with Crippen molar-refractivity contribution in [1.82, 2.24) is 4.90 Å². The molecule has 1 saturated heterocycles. The number of carbonyl (C=O) groups excluding carboxylic acids is 1. The SMILES string of the molecule is CC(=O)OC(Cc1ccccc1)(c1ccccc1)C(C)CN1CCCC1. The lowest BCUT2D eigenvalue weighted by molar-refractivity contribution is -0.166. The van der Waals surface area contributed by atoms with Crippen molar-refractivity contribution in [1.29, 1.82) is 0 Å². The van der Waals surface area contributed by atoms with Crippen molar-refractivity contribution in [3.63, 3.8) is 0 Å². The number of hydrogen-bond acceptors (Lipinski definition) is 3. The Morgan fingerprint density at radius 2 is 1.62 bits per heavy atom. The Balaban J connectivity index is 1.99. The first-order chi connectivity index (χ1) is 12.6. The number of rotatable bonds is 7. The van der Waals surface area contributed by atoms with Crippen molar-refractivity contribution in [3.05, 3.63) is 71.8 Å². The van der Waals surface area contributed by atoms with Crippen molar-refractivity contribution in [2.45, 2.75) is 38.7 Å². The van der Waals surface area contributed by atoms with Gasteiger partial charge in [0.05, 0.1) is 0 Å². The Kier molecular flexibility index (Phi) is 6.10. The number of likely N-dealkylation sites (tertiary alicyclic amines) is 1. The summed E-state index contributed by atoms with van der Waals surface area (Å²) in [4.78, 5) is 14.6. The molecule has 138 valence electrons. The van der Waals surface area contributed by atoms with Gasteiger partial charge < -0.3 is 9.64 Å². The van der Waals surface area contributed by atoms with Crippen molar-refractivity contribution < 1.29 is 9.53 Å². The lowest BCUT2D eigenvalue weighted by Gasteiger charge is -2.40. The first kappa shape index (κ1) is 18.7. The van der Waals surface area contributed by atoms with Crippen LogP contribution in [0.1, 0.15) is 37.8 Å². The van der Waals surface area contributed by atoms with Crippen LogP contribution in [0.3, 0.4) is 0 Å². The van der Waals surface area contributed by atoms with Crippen molar-refractivity contribution >= 4 is 5.97 Å². The second-order valence-corrected chi connectivity index (χ2v) is 7.42. The molecule has 26 heavy (non-hydrogen) atoms. The molecule has 1 aliphatic heterocycles. The molecular formula is C23H29NO2. The van der Waals surface area contributed by atoms with Crippen LogP contribution in [0.4, 0.5) is 0 Å². The van der Waals surface area contributed by atoms with Crippen molar-refractivity contribution in [2.24, 2.45) is 5.92 Å². The van der Waals surface area contributed by atoms with Gasteiger partial charge in [-0.25, -0.2) is 0 Å². The smallest absolute Gasteiger partial charge is 0.303 e. The summed E-state index contributed by atoms with van der Waals surface area (Å²) in [6, 6.07) is 20.6. The zero-order valence-electron chi connectivity index (χ0n) is 15.9. The maximum atomic E-state index is 12.1. The van der Waals surface area contributed by atoms with Crippen molar-refractivity contribution in [2.75, 3.05) is 19.6 Å². The molecule has 3 nitrogen and oxygen atoms in total. The zero-order valence-corrected chi connectivity index (χ0v) is 15.9. The number of carbonyl (C=O) groups is 1. The summed E-state index contributed by atoms with van der Waals surface area (Å²) in [6.07, 6.45) is 3.21. The molecule has 2 atom stereocenters. The standard InChI is InChI=1S/C23H29NO2/c1-19(18-24-15-9-10-16-24)23(26-20(2)25,22-13-7-4-8-14-22)17-21-11-5-3-6-12-21/h3-8,11-14,19H,9-10,15-18H2,1-2H3. The third-order valence-corrected chi connectivity index (χ3v) is 5.42. The minimum atomic E-state index is -0.656. The molecule has 0 radical (unpaired) electrons. The van der Waals surface area contributed by atoms with Crippen LogP contribution in [0.2, 0.25) is 0 Å². The number of benzene rings is 2. The highest BCUT2D eigenvalue weighted by Gasteiger charge is 2.42. The summed E-state index contributed by atoms with van der Waals surface area (Å²) in [6.45, 7) is 6.96. The number of esters is 1. The molecule has 3 rings (SSSR count). The van der Waals surface area contributed by atoms with E-state index in [0.29, 0.717) is 6.42 Å². The summed E-state index contributed by atoms with van der Waals surface area (Å²) in [5, 5.41) is 0. The Hall–Kier alpha value is -2.13. The van der Waals surface area contributed by atoms with Crippen LogP contribution < -0.4 is 0 Å². The van der Waals surface area contributed by atoms with Crippen LogP contribution in [0.5, 0.6) is 0 Å². The maximum Gasteiger partial charge on any atom is 0.303 e. The molecule has 1 aliphatic rings. The van der Waals surface area contributed by atoms with E-state index in [1.54, 1.807) is 0 Å². The summed E-state index contributed by atoms with van der Waals surface area (Å²) < 4.78 is 6.13. The summed E-state index contributed by atoms with van der Waals surface area (Å²) in [5.41, 5.74) is 1.61. The molecule has 0 aliphatic carbocycles. The number of ether oxygens (including phenoxy) is 1. The minimum absolute atomic E-state index is 0.187. The van der Waals surface area contributed by atoms with Crippen LogP contribution in [0.25, 0.3) is 0 Å². The van der Waals surface area contributed by atoms with E-state index in [4.69, 9.17) is 4.74 Å². The first-order valence-electron chi connectivity index (χ1n) is 9.61. The molecule has 0 saturated carbocycles. The van der Waals surface area contributed by atoms with E-state index in [1.807, 2.05) is 36.4 Å². The lowest BCUT2D eigenvalue weighted by Crippen LogP contribution is -2.45. The summed E-state index contributed by atoms with van der Waals surface area (Å²) >= 11 is 0. The molecule has 2 unspecified atom stereocenters. The van der Waals surface area contributed by atoms with Gasteiger partial charge >= 0.3 is 5.97 Å². The van der Waals surface area contributed by atoms with Crippen molar-refractivity contribution in [3.8, 4) is 0 Å². The van der Waals surface area contributed by atoms with E-state index >= 15 is 0 Å². The Labute approximate surface area is 157 Å². The molecule has 0 aromatic heterocycles. The van der Waals surface area contributed by atoms with Crippen LogP contribution in [-0.2, 0) is 21.6 Å². The average molecular weight is 351 g/mol. The van der Waals surface area contributed by atoms with Gasteiger partial charge in [0.25, 0.3) is 0 Å². The van der Waals surface area contributed by atoms with Gasteiger partial charge in [-0.1, -0.05) is 67.6 Å². The summed E-state index contributed by atoms with van der Waals surface area (Å²) in [5.74, 6) is -0.0369. The molecule has 2 aromatic carbocycles. The molecule has 1 fully saturated rings. The molecule has 0 amide bonds. The predicted octanol–water partition coefficient (Wildman–Crippen LogP) is 4.42. The quantitative estimate of drug-likeness (QED) is 0.692. The van der Waals surface area contributed by atoms with Gasteiger partial charge in [-0.15, -0.1) is 0 Å². The van der Waals surface area contributed by atoms with E-state index in [2.05, 4.69) is 36.1 Å². The molecule has 2 aromatic rings. The van der Waals surface area contributed by atoms with Gasteiger partial charge in [0, 0.05) is 25.8 Å². The first-order valence-corrected chi connectivity index (χ1v) is 9.61. The normalized spacial score (nSPS) is 18.2. The second kappa shape index (κ2) is 8.50. The fourth-order valence-corrected chi connectivity index (χ4v) is 4.13. The van der Waals surface area contributed by atoms with Gasteiger partial charge in [0.15, 0.2) is 0 Å². The molecule has 1 heterocycles. The van der Waals surface area contributed by atoms with Gasteiger partial charge in [-0.2, -0.15) is 0 Å². The molecule has 0 N–H and O–H groups in total.